The standard InChI is InChI=1S/C13H20N2O4/c1-4-18-12(16)8-6-7-11-10(9-15(3)14-11)13(17)19-5-2/h9H,4-8H2,1-3H3. The average Bonchev–Trinajstić information content (AvgIpc) is 2.71. The molecule has 1 rings (SSSR count). The van der Waals surface area contributed by atoms with Crippen LogP contribution in [0.25, 0.3) is 0 Å². The summed E-state index contributed by atoms with van der Waals surface area (Å²) in [7, 11) is 1.75. The molecule has 1 aromatic heterocycles. The van der Waals surface area contributed by atoms with Gasteiger partial charge in [-0.1, -0.05) is 0 Å². The van der Waals surface area contributed by atoms with Gasteiger partial charge in [-0.05, 0) is 26.7 Å². The third-order valence-corrected chi connectivity index (χ3v) is 2.50. The van der Waals surface area contributed by atoms with E-state index in [-0.39, 0.29) is 11.9 Å². The van der Waals surface area contributed by atoms with Gasteiger partial charge in [-0.3, -0.25) is 9.48 Å². The molecular formula is C13H20N2O4. The summed E-state index contributed by atoms with van der Waals surface area (Å²) < 4.78 is 11.4. The van der Waals surface area contributed by atoms with E-state index >= 15 is 0 Å². The number of ether oxygens (including phenoxy) is 2. The summed E-state index contributed by atoms with van der Waals surface area (Å²) in [6.45, 7) is 4.25. The first-order valence-electron chi connectivity index (χ1n) is 6.43. The van der Waals surface area contributed by atoms with Crippen molar-refractivity contribution in [3.63, 3.8) is 0 Å². The van der Waals surface area contributed by atoms with Crippen LogP contribution in [0.2, 0.25) is 0 Å². The summed E-state index contributed by atoms with van der Waals surface area (Å²) in [6.07, 6.45) is 3.11. The second kappa shape index (κ2) is 7.56. The van der Waals surface area contributed by atoms with E-state index < -0.39 is 0 Å². The topological polar surface area (TPSA) is 70.4 Å². The van der Waals surface area contributed by atoms with Crippen LogP contribution in [-0.4, -0.2) is 34.9 Å². The second-order valence-electron chi connectivity index (χ2n) is 4.04. The van der Waals surface area contributed by atoms with Crippen molar-refractivity contribution < 1.29 is 19.1 Å². The lowest BCUT2D eigenvalue weighted by atomic mass is 10.1. The Morgan fingerprint density at radius 3 is 2.58 bits per heavy atom. The van der Waals surface area contributed by atoms with Crippen LogP contribution in [0.15, 0.2) is 6.20 Å². The Morgan fingerprint density at radius 2 is 1.95 bits per heavy atom. The highest BCUT2D eigenvalue weighted by Gasteiger charge is 2.16. The molecule has 0 N–H and O–H groups in total. The predicted molar refractivity (Wildman–Crippen MR) is 68.7 cm³/mol. The smallest absolute Gasteiger partial charge is 0.341 e. The fraction of sp³-hybridized carbons (Fsp3) is 0.615. The molecule has 0 amide bonds. The van der Waals surface area contributed by atoms with Gasteiger partial charge in [0, 0.05) is 19.7 Å². The number of aromatic nitrogens is 2. The molecule has 0 atom stereocenters. The lowest BCUT2D eigenvalue weighted by Crippen LogP contribution is -2.08. The number of nitrogens with zero attached hydrogens (tertiary/aromatic N) is 2. The fourth-order valence-electron chi connectivity index (χ4n) is 1.73. The van der Waals surface area contributed by atoms with E-state index in [1.54, 1.807) is 31.8 Å². The van der Waals surface area contributed by atoms with E-state index in [0.29, 0.717) is 43.7 Å². The normalized spacial score (nSPS) is 10.3. The number of rotatable bonds is 7. The first-order valence-corrected chi connectivity index (χ1v) is 6.43. The van der Waals surface area contributed by atoms with Crippen molar-refractivity contribution in [1.82, 2.24) is 9.78 Å². The van der Waals surface area contributed by atoms with Gasteiger partial charge >= 0.3 is 11.9 Å². The number of aryl methyl sites for hydroxylation is 2. The van der Waals surface area contributed by atoms with Crippen LogP contribution < -0.4 is 0 Å². The van der Waals surface area contributed by atoms with E-state index in [4.69, 9.17) is 9.47 Å². The maximum atomic E-state index is 11.7. The van der Waals surface area contributed by atoms with Crippen LogP contribution >= 0.6 is 0 Å². The molecule has 6 heteroatoms. The molecule has 0 fully saturated rings. The monoisotopic (exact) mass is 268 g/mol. The summed E-state index contributed by atoms with van der Waals surface area (Å²) >= 11 is 0. The summed E-state index contributed by atoms with van der Waals surface area (Å²) in [5.74, 6) is -0.599. The predicted octanol–water partition coefficient (Wildman–Crippen LogP) is 1.48. The van der Waals surface area contributed by atoms with Gasteiger partial charge in [-0.15, -0.1) is 0 Å². The lowest BCUT2D eigenvalue weighted by Gasteiger charge is -2.03. The third-order valence-electron chi connectivity index (χ3n) is 2.50. The van der Waals surface area contributed by atoms with Crippen molar-refractivity contribution in [1.29, 1.82) is 0 Å². The molecule has 0 aliphatic carbocycles. The zero-order valence-electron chi connectivity index (χ0n) is 11.6. The molecule has 1 heterocycles. The van der Waals surface area contributed by atoms with E-state index in [1.807, 2.05) is 0 Å². The SMILES string of the molecule is CCOC(=O)CCCc1nn(C)cc1C(=O)OCC. The average molecular weight is 268 g/mol. The molecule has 0 saturated carbocycles. The Kier molecular flexibility index (Phi) is 6.05. The first kappa shape index (κ1) is 15.2. The minimum atomic E-state index is -0.373. The number of carbonyl (C=O) groups excluding carboxylic acids is 2. The van der Waals surface area contributed by atoms with Crippen molar-refractivity contribution in [2.45, 2.75) is 33.1 Å². The molecule has 0 radical (unpaired) electrons. The lowest BCUT2D eigenvalue weighted by molar-refractivity contribution is -0.143. The molecule has 0 saturated heterocycles. The highest BCUT2D eigenvalue weighted by atomic mass is 16.5. The molecule has 0 aliphatic rings. The van der Waals surface area contributed by atoms with Gasteiger partial charge in [0.25, 0.3) is 0 Å². The maximum absolute atomic E-state index is 11.7. The Bertz CT molecular complexity index is 440. The van der Waals surface area contributed by atoms with Crippen molar-refractivity contribution in [2.75, 3.05) is 13.2 Å². The molecule has 0 bridgehead atoms. The van der Waals surface area contributed by atoms with Gasteiger partial charge in [0.1, 0.15) is 5.56 Å². The van der Waals surface area contributed by atoms with Crippen LogP contribution in [0, 0.1) is 0 Å². The van der Waals surface area contributed by atoms with E-state index in [9.17, 15) is 9.59 Å². The van der Waals surface area contributed by atoms with Gasteiger partial charge in [0.2, 0.25) is 0 Å². The van der Waals surface area contributed by atoms with Crippen LogP contribution in [-0.2, 0) is 27.7 Å². The Balaban J connectivity index is 2.58. The molecule has 1 aromatic rings. The molecule has 0 spiro atoms. The van der Waals surface area contributed by atoms with Gasteiger partial charge in [-0.2, -0.15) is 5.10 Å². The highest BCUT2D eigenvalue weighted by molar-refractivity contribution is 5.90. The summed E-state index contributed by atoms with van der Waals surface area (Å²) in [5, 5.41) is 4.22. The van der Waals surface area contributed by atoms with Crippen molar-refractivity contribution in [2.24, 2.45) is 7.05 Å². The summed E-state index contributed by atoms with van der Waals surface area (Å²) in [6, 6.07) is 0. The Labute approximate surface area is 112 Å². The molecule has 0 aliphatic heterocycles. The number of esters is 2. The van der Waals surface area contributed by atoms with Gasteiger partial charge in [-0.25, -0.2) is 4.79 Å². The molecule has 19 heavy (non-hydrogen) atoms. The third kappa shape index (κ3) is 4.73. The van der Waals surface area contributed by atoms with Crippen LogP contribution in [0.3, 0.4) is 0 Å². The second-order valence-corrected chi connectivity index (χ2v) is 4.04. The van der Waals surface area contributed by atoms with Crippen LogP contribution in [0.1, 0.15) is 42.7 Å². The van der Waals surface area contributed by atoms with Crippen LogP contribution in [0.5, 0.6) is 0 Å². The Morgan fingerprint density at radius 1 is 1.26 bits per heavy atom. The molecule has 0 unspecified atom stereocenters. The Hall–Kier alpha value is -1.85. The summed E-state index contributed by atoms with van der Waals surface area (Å²) in [4.78, 5) is 22.9. The van der Waals surface area contributed by atoms with Crippen molar-refractivity contribution in [3.05, 3.63) is 17.5 Å². The van der Waals surface area contributed by atoms with Crippen molar-refractivity contribution in [3.8, 4) is 0 Å². The van der Waals surface area contributed by atoms with Gasteiger partial charge in [0.15, 0.2) is 0 Å². The quantitative estimate of drug-likeness (QED) is 0.700. The van der Waals surface area contributed by atoms with E-state index in [0.717, 1.165) is 0 Å². The van der Waals surface area contributed by atoms with Gasteiger partial charge in [0.05, 0.1) is 18.9 Å². The molecular weight excluding hydrogens is 248 g/mol. The number of hydrogen-bond donors (Lipinski definition) is 0. The zero-order chi connectivity index (χ0) is 14.3. The zero-order valence-corrected chi connectivity index (χ0v) is 11.6. The minimum absolute atomic E-state index is 0.226. The largest absolute Gasteiger partial charge is 0.466 e. The summed E-state index contributed by atoms with van der Waals surface area (Å²) in [5.41, 5.74) is 1.12. The number of hydrogen-bond acceptors (Lipinski definition) is 5. The number of carbonyl (C=O) groups is 2. The molecule has 0 aromatic carbocycles. The first-order chi connectivity index (χ1) is 9.08. The highest BCUT2D eigenvalue weighted by Crippen LogP contribution is 2.12. The van der Waals surface area contributed by atoms with Gasteiger partial charge < -0.3 is 9.47 Å². The minimum Gasteiger partial charge on any atom is -0.466 e. The van der Waals surface area contributed by atoms with Crippen LogP contribution in [0.4, 0.5) is 0 Å². The maximum Gasteiger partial charge on any atom is 0.341 e. The fourth-order valence-corrected chi connectivity index (χ4v) is 1.73. The van der Waals surface area contributed by atoms with E-state index in [1.165, 1.54) is 0 Å². The molecule has 6 nitrogen and oxygen atoms in total. The van der Waals surface area contributed by atoms with E-state index in [2.05, 4.69) is 5.10 Å². The van der Waals surface area contributed by atoms with Crippen molar-refractivity contribution >= 4 is 11.9 Å². The molecule has 106 valence electrons.